The molecule has 0 fully saturated rings. The van der Waals surface area contributed by atoms with Crippen molar-refractivity contribution in [3.63, 3.8) is 0 Å². The maximum Gasteiger partial charge on any atom is 0.344 e. The van der Waals surface area contributed by atoms with Crippen molar-refractivity contribution in [3.8, 4) is 0 Å². The summed E-state index contributed by atoms with van der Waals surface area (Å²) >= 11 is 0. The Morgan fingerprint density at radius 2 is 1.32 bits per heavy atom. The van der Waals surface area contributed by atoms with Crippen LogP contribution >= 0.6 is 0 Å². The van der Waals surface area contributed by atoms with Crippen LogP contribution in [-0.2, 0) is 38.6 Å². The molecule has 25 heavy (non-hydrogen) atoms. The quantitative estimate of drug-likeness (QED) is 0.350. The van der Waals surface area contributed by atoms with Crippen molar-refractivity contribution in [2.45, 2.75) is 84.2 Å². The van der Waals surface area contributed by atoms with Crippen LogP contribution in [-0.4, -0.2) is 49.1 Å². The summed E-state index contributed by atoms with van der Waals surface area (Å²) in [7, 11) is 2.51. The van der Waals surface area contributed by atoms with Gasteiger partial charge in [-0.25, -0.2) is 24.3 Å². The Labute approximate surface area is 149 Å². The smallest absolute Gasteiger partial charge is 0.344 e. The Morgan fingerprint density at radius 3 is 1.72 bits per heavy atom. The SMILES string of the molecule is COC(=O)CCC(OOC(C)(C)C)C(C)(OOC(C)(C)C)C(=O)OC. The molecule has 0 spiro atoms. The van der Waals surface area contributed by atoms with Crippen LogP contribution in [0, 0.1) is 0 Å². The van der Waals surface area contributed by atoms with Gasteiger partial charge in [0.25, 0.3) is 0 Å². The second kappa shape index (κ2) is 9.47. The molecule has 0 aliphatic rings. The van der Waals surface area contributed by atoms with Gasteiger partial charge in [0.1, 0.15) is 6.10 Å². The Hall–Kier alpha value is -1.22. The third-order valence-corrected chi connectivity index (χ3v) is 2.92. The predicted molar refractivity (Wildman–Crippen MR) is 89.3 cm³/mol. The summed E-state index contributed by atoms with van der Waals surface area (Å²) in [5, 5.41) is 0. The van der Waals surface area contributed by atoms with Crippen LogP contribution in [0.4, 0.5) is 0 Å². The lowest BCUT2D eigenvalue weighted by Crippen LogP contribution is -2.53. The van der Waals surface area contributed by atoms with Crippen LogP contribution in [0.1, 0.15) is 61.3 Å². The van der Waals surface area contributed by atoms with Crippen LogP contribution in [0.15, 0.2) is 0 Å². The minimum atomic E-state index is -1.65. The molecule has 8 nitrogen and oxygen atoms in total. The summed E-state index contributed by atoms with van der Waals surface area (Å²) in [5.74, 6) is -1.17. The molecule has 2 unspecified atom stereocenters. The summed E-state index contributed by atoms with van der Waals surface area (Å²) < 4.78 is 9.47. The summed E-state index contributed by atoms with van der Waals surface area (Å²) in [4.78, 5) is 45.3. The third kappa shape index (κ3) is 9.15. The normalized spacial score (nSPS) is 16.0. The van der Waals surface area contributed by atoms with Gasteiger partial charge in [-0.15, -0.1) is 0 Å². The standard InChI is InChI=1S/C17H32O8/c1-15(2,3)23-22-12(10-11-13(18)20-8)17(7,14(19)21-9)25-24-16(4,5)6/h12H,10-11H2,1-9H3. The van der Waals surface area contributed by atoms with Gasteiger partial charge in [-0.2, -0.15) is 0 Å². The van der Waals surface area contributed by atoms with Crippen molar-refractivity contribution >= 4 is 11.9 Å². The number of rotatable bonds is 9. The zero-order valence-electron chi connectivity index (χ0n) is 16.8. The van der Waals surface area contributed by atoms with Crippen molar-refractivity contribution in [1.82, 2.24) is 0 Å². The fraction of sp³-hybridized carbons (Fsp3) is 0.882. The number of ether oxygens (including phenoxy) is 2. The number of carbonyl (C=O) groups excluding carboxylic acids is 2. The molecule has 0 rings (SSSR count). The highest BCUT2D eigenvalue weighted by molar-refractivity contribution is 5.80. The maximum absolute atomic E-state index is 12.4. The molecule has 0 bridgehead atoms. The maximum atomic E-state index is 12.4. The van der Waals surface area contributed by atoms with Crippen LogP contribution in [0.25, 0.3) is 0 Å². The van der Waals surface area contributed by atoms with Crippen LogP contribution in [0.5, 0.6) is 0 Å². The first-order valence-electron chi connectivity index (χ1n) is 8.11. The number of methoxy groups -OCH3 is 2. The molecule has 0 amide bonds. The largest absolute Gasteiger partial charge is 0.469 e. The molecule has 0 aromatic rings. The van der Waals surface area contributed by atoms with Crippen LogP contribution < -0.4 is 0 Å². The lowest BCUT2D eigenvalue weighted by molar-refractivity contribution is -0.447. The van der Waals surface area contributed by atoms with Gasteiger partial charge in [-0.3, -0.25) is 4.79 Å². The first-order valence-corrected chi connectivity index (χ1v) is 8.11. The molecule has 0 aromatic carbocycles. The topological polar surface area (TPSA) is 89.5 Å². The number of hydrogen-bond donors (Lipinski definition) is 0. The molecule has 0 saturated carbocycles. The van der Waals surface area contributed by atoms with E-state index in [1.54, 1.807) is 41.5 Å². The van der Waals surface area contributed by atoms with E-state index in [2.05, 4.69) is 4.74 Å². The molecule has 0 N–H and O–H groups in total. The monoisotopic (exact) mass is 364 g/mol. The molecule has 0 radical (unpaired) electrons. The lowest BCUT2D eigenvalue weighted by Gasteiger charge is -2.35. The average molecular weight is 364 g/mol. The molecule has 0 aliphatic heterocycles. The second-order valence-corrected chi connectivity index (χ2v) is 7.77. The summed E-state index contributed by atoms with van der Waals surface area (Å²) in [5.41, 5.74) is -2.96. The van der Waals surface area contributed by atoms with Gasteiger partial charge in [0, 0.05) is 6.42 Å². The van der Waals surface area contributed by atoms with Crippen LogP contribution in [0.3, 0.4) is 0 Å². The van der Waals surface area contributed by atoms with Gasteiger partial charge < -0.3 is 9.47 Å². The Balaban J connectivity index is 5.46. The Kier molecular flexibility index (Phi) is 9.01. The van der Waals surface area contributed by atoms with Crippen molar-refractivity contribution in [1.29, 1.82) is 0 Å². The molecule has 148 valence electrons. The number of carbonyl (C=O) groups is 2. The van der Waals surface area contributed by atoms with Crippen LogP contribution in [0.2, 0.25) is 0 Å². The van der Waals surface area contributed by atoms with Gasteiger partial charge in [0.15, 0.2) is 0 Å². The van der Waals surface area contributed by atoms with E-state index in [1.165, 1.54) is 21.1 Å². The van der Waals surface area contributed by atoms with Gasteiger partial charge in [-0.05, 0) is 54.9 Å². The zero-order valence-corrected chi connectivity index (χ0v) is 16.8. The van der Waals surface area contributed by atoms with E-state index < -0.39 is 34.8 Å². The number of hydrogen-bond acceptors (Lipinski definition) is 8. The summed E-state index contributed by atoms with van der Waals surface area (Å²) in [6.07, 6.45) is -0.872. The molecule has 0 aliphatic carbocycles. The summed E-state index contributed by atoms with van der Waals surface area (Å²) in [6.45, 7) is 12.1. The molecular weight excluding hydrogens is 332 g/mol. The van der Waals surface area contributed by atoms with Gasteiger partial charge in [-0.1, -0.05) is 0 Å². The number of esters is 2. The van der Waals surface area contributed by atoms with E-state index in [4.69, 9.17) is 24.3 Å². The van der Waals surface area contributed by atoms with Gasteiger partial charge in [0.2, 0.25) is 5.60 Å². The third-order valence-electron chi connectivity index (χ3n) is 2.92. The van der Waals surface area contributed by atoms with E-state index in [9.17, 15) is 9.59 Å². The highest BCUT2D eigenvalue weighted by atomic mass is 17.2. The van der Waals surface area contributed by atoms with E-state index in [0.717, 1.165) is 0 Å². The van der Waals surface area contributed by atoms with E-state index in [1.807, 2.05) is 0 Å². The first kappa shape index (κ1) is 23.8. The fourth-order valence-electron chi connectivity index (χ4n) is 1.60. The minimum Gasteiger partial charge on any atom is -0.469 e. The molecule has 2 atom stereocenters. The molecule has 0 saturated heterocycles. The van der Waals surface area contributed by atoms with E-state index in [-0.39, 0.29) is 12.8 Å². The molecule has 0 heterocycles. The molecule has 8 heteroatoms. The lowest BCUT2D eigenvalue weighted by atomic mass is 9.95. The second-order valence-electron chi connectivity index (χ2n) is 7.77. The van der Waals surface area contributed by atoms with E-state index in [0.29, 0.717) is 0 Å². The first-order chi connectivity index (χ1) is 11.2. The van der Waals surface area contributed by atoms with Gasteiger partial charge in [0.05, 0.1) is 25.4 Å². The van der Waals surface area contributed by atoms with Crippen molar-refractivity contribution in [2.24, 2.45) is 0 Å². The van der Waals surface area contributed by atoms with E-state index >= 15 is 0 Å². The van der Waals surface area contributed by atoms with Crippen molar-refractivity contribution in [2.75, 3.05) is 14.2 Å². The summed E-state index contributed by atoms with van der Waals surface area (Å²) in [6, 6.07) is 0. The minimum absolute atomic E-state index is 0.000131. The predicted octanol–water partition coefficient (Wildman–Crippen LogP) is 2.73. The van der Waals surface area contributed by atoms with Crippen molar-refractivity contribution in [3.05, 3.63) is 0 Å². The highest BCUT2D eigenvalue weighted by Gasteiger charge is 2.48. The van der Waals surface area contributed by atoms with Gasteiger partial charge >= 0.3 is 11.9 Å². The fourth-order valence-corrected chi connectivity index (χ4v) is 1.60. The average Bonchev–Trinajstić information content (AvgIpc) is 2.49. The molecular formula is C17H32O8. The Bertz CT molecular complexity index is 435. The highest BCUT2D eigenvalue weighted by Crippen LogP contribution is 2.28. The molecule has 0 aromatic heterocycles. The zero-order chi connectivity index (χ0) is 19.9. The Morgan fingerprint density at radius 1 is 0.800 bits per heavy atom. The van der Waals surface area contributed by atoms with Crippen molar-refractivity contribution < 1.29 is 38.6 Å².